The summed E-state index contributed by atoms with van der Waals surface area (Å²) in [6, 6.07) is 0. The Morgan fingerprint density at radius 1 is 1.40 bits per heavy atom. The SMILES string of the molecule is CC1(C)C(CCBr)C1(Cl)Cl. The summed E-state index contributed by atoms with van der Waals surface area (Å²) in [6.07, 6.45) is 1.07. The summed E-state index contributed by atoms with van der Waals surface area (Å²) >= 11 is 15.4. The van der Waals surface area contributed by atoms with E-state index in [1.165, 1.54) is 0 Å². The summed E-state index contributed by atoms with van der Waals surface area (Å²) in [5.41, 5.74) is 0.115. The van der Waals surface area contributed by atoms with Gasteiger partial charge in [-0.3, -0.25) is 0 Å². The molecule has 0 spiro atoms. The van der Waals surface area contributed by atoms with Gasteiger partial charge in [-0.1, -0.05) is 29.8 Å². The topological polar surface area (TPSA) is 0 Å². The van der Waals surface area contributed by atoms with E-state index < -0.39 is 4.33 Å². The zero-order valence-electron chi connectivity index (χ0n) is 6.13. The molecule has 1 saturated carbocycles. The second-order valence-electron chi connectivity index (χ2n) is 3.37. The molecule has 1 unspecified atom stereocenters. The maximum absolute atomic E-state index is 6.02. The molecule has 0 heterocycles. The minimum absolute atomic E-state index is 0.115. The zero-order chi connectivity index (χ0) is 7.99. The fourth-order valence-corrected chi connectivity index (χ4v) is 2.78. The van der Waals surface area contributed by atoms with Crippen LogP contribution in [0.4, 0.5) is 0 Å². The molecule has 0 aromatic heterocycles. The first-order valence-electron chi connectivity index (χ1n) is 3.38. The fraction of sp³-hybridized carbons (Fsp3) is 1.00. The van der Waals surface area contributed by atoms with Gasteiger partial charge in [-0.05, 0) is 6.42 Å². The molecule has 0 aromatic carbocycles. The summed E-state index contributed by atoms with van der Waals surface area (Å²) < 4.78 is -0.471. The number of halogens is 3. The molecule has 1 aliphatic carbocycles. The standard InChI is InChI=1S/C7H11BrCl2/c1-6(2)5(3-4-8)7(6,9)10/h5H,3-4H2,1-2H3. The lowest BCUT2D eigenvalue weighted by Crippen LogP contribution is -1.96. The molecule has 0 radical (unpaired) electrons. The van der Waals surface area contributed by atoms with Crippen LogP contribution in [-0.4, -0.2) is 9.66 Å². The van der Waals surface area contributed by atoms with Crippen LogP contribution >= 0.6 is 39.1 Å². The van der Waals surface area contributed by atoms with Crippen LogP contribution in [-0.2, 0) is 0 Å². The molecule has 0 bridgehead atoms. The third-order valence-electron chi connectivity index (χ3n) is 2.48. The number of rotatable bonds is 2. The molecule has 0 saturated heterocycles. The summed E-state index contributed by atoms with van der Waals surface area (Å²) in [7, 11) is 0. The fourth-order valence-electron chi connectivity index (χ4n) is 1.41. The summed E-state index contributed by atoms with van der Waals surface area (Å²) in [5.74, 6) is 0.461. The van der Waals surface area contributed by atoms with Gasteiger partial charge in [0.05, 0.1) is 0 Å². The van der Waals surface area contributed by atoms with Crippen LogP contribution in [0.5, 0.6) is 0 Å². The lowest BCUT2D eigenvalue weighted by molar-refractivity contribution is 0.551. The lowest BCUT2D eigenvalue weighted by Gasteiger charge is -1.99. The van der Waals surface area contributed by atoms with Gasteiger partial charge in [0.15, 0.2) is 0 Å². The molecule has 0 amide bonds. The minimum atomic E-state index is -0.471. The summed E-state index contributed by atoms with van der Waals surface area (Å²) in [5, 5.41) is 0.988. The largest absolute Gasteiger partial charge is 0.127 e. The zero-order valence-corrected chi connectivity index (χ0v) is 9.22. The third kappa shape index (κ3) is 1.11. The average Bonchev–Trinajstić information content (AvgIpc) is 2.13. The predicted octanol–water partition coefficient (Wildman–Crippen LogP) is 3.60. The molecule has 60 valence electrons. The number of hydrogen-bond donors (Lipinski definition) is 0. The molecule has 1 fully saturated rings. The van der Waals surface area contributed by atoms with Crippen molar-refractivity contribution in [2.24, 2.45) is 11.3 Å². The summed E-state index contributed by atoms with van der Waals surface area (Å²) in [4.78, 5) is 0. The molecule has 0 aliphatic heterocycles. The van der Waals surface area contributed by atoms with Crippen molar-refractivity contribution in [3.63, 3.8) is 0 Å². The maximum Gasteiger partial charge on any atom is 0.127 e. The van der Waals surface area contributed by atoms with Gasteiger partial charge in [0, 0.05) is 16.7 Å². The van der Waals surface area contributed by atoms with E-state index >= 15 is 0 Å². The van der Waals surface area contributed by atoms with Gasteiger partial charge < -0.3 is 0 Å². The van der Waals surface area contributed by atoms with Gasteiger partial charge in [0.1, 0.15) is 4.33 Å². The van der Waals surface area contributed by atoms with Gasteiger partial charge in [-0.2, -0.15) is 0 Å². The van der Waals surface area contributed by atoms with Crippen LogP contribution in [0.3, 0.4) is 0 Å². The Morgan fingerprint density at radius 2 is 1.80 bits per heavy atom. The van der Waals surface area contributed by atoms with Crippen molar-refractivity contribution in [1.29, 1.82) is 0 Å². The van der Waals surface area contributed by atoms with E-state index in [2.05, 4.69) is 29.8 Å². The van der Waals surface area contributed by atoms with Crippen molar-refractivity contribution in [2.45, 2.75) is 24.6 Å². The number of alkyl halides is 3. The van der Waals surface area contributed by atoms with Crippen molar-refractivity contribution in [2.75, 3.05) is 5.33 Å². The second-order valence-corrected chi connectivity index (χ2v) is 5.55. The molecule has 0 aromatic rings. The van der Waals surface area contributed by atoms with Crippen molar-refractivity contribution in [3.05, 3.63) is 0 Å². The first kappa shape index (κ1) is 9.15. The maximum atomic E-state index is 6.02. The predicted molar refractivity (Wildman–Crippen MR) is 50.1 cm³/mol. The molecular formula is C7H11BrCl2. The first-order valence-corrected chi connectivity index (χ1v) is 5.26. The molecule has 0 nitrogen and oxygen atoms in total. The summed E-state index contributed by atoms with van der Waals surface area (Å²) in [6.45, 7) is 4.22. The van der Waals surface area contributed by atoms with Crippen LogP contribution in [0, 0.1) is 11.3 Å². The first-order chi connectivity index (χ1) is 4.44. The molecule has 0 N–H and O–H groups in total. The van der Waals surface area contributed by atoms with Crippen LogP contribution in [0.15, 0.2) is 0 Å². The second kappa shape index (κ2) is 2.53. The Balaban J connectivity index is 2.54. The highest BCUT2D eigenvalue weighted by atomic mass is 79.9. The highest BCUT2D eigenvalue weighted by molar-refractivity contribution is 9.09. The average molecular weight is 246 g/mol. The Bertz CT molecular complexity index is 129. The van der Waals surface area contributed by atoms with Crippen LogP contribution in [0.2, 0.25) is 0 Å². The van der Waals surface area contributed by atoms with Gasteiger partial charge in [0.2, 0.25) is 0 Å². The quantitative estimate of drug-likeness (QED) is 0.653. The molecule has 1 aliphatic rings. The van der Waals surface area contributed by atoms with E-state index in [0.29, 0.717) is 5.92 Å². The van der Waals surface area contributed by atoms with E-state index in [0.717, 1.165) is 11.8 Å². The van der Waals surface area contributed by atoms with E-state index in [1.807, 2.05) is 0 Å². The Morgan fingerprint density at radius 3 is 1.90 bits per heavy atom. The van der Waals surface area contributed by atoms with E-state index in [4.69, 9.17) is 23.2 Å². The monoisotopic (exact) mass is 244 g/mol. The molecule has 1 atom stereocenters. The Kier molecular flexibility index (Phi) is 2.32. The minimum Gasteiger partial charge on any atom is -0.101 e. The molecule has 10 heavy (non-hydrogen) atoms. The van der Waals surface area contributed by atoms with Crippen molar-refractivity contribution >= 4 is 39.1 Å². The van der Waals surface area contributed by atoms with E-state index in [9.17, 15) is 0 Å². The lowest BCUT2D eigenvalue weighted by atomic mass is 10.1. The van der Waals surface area contributed by atoms with Crippen LogP contribution in [0.1, 0.15) is 20.3 Å². The van der Waals surface area contributed by atoms with Gasteiger partial charge in [-0.25, -0.2) is 0 Å². The highest BCUT2D eigenvalue weighted by Crippen LogP contribution is 2.69. The van der Waals surface area contributed by atoms with Gasteiger partial charge >= 0.3 is 0 Å². The highest BCUT2D eigenvalue weighted by Gasteiger charge is 2.69. The smallest absolute Gasteiger partial charge is 0.101 e. The Labute approximate surface area is 80.4 Å². The van der Waals surface area contributed by atoms with Gasteiger partial charge in [-0.15, -0.1) is 23.2 Å². The third-order valence-corrected chi connectivity index (χ3v) is 4.44. The molecular weight excluding hydrogens is 235 g/mol. The number of hydrogen-bond acceptors (Lipinski definition) is 0. The van der Waals surface area contributed by atoms with Crippen molar-refractivity contribution in [1.82, 2.24) is 0 Å². The molecule has 3 heteroatoms. The van der Waals surface area contributed by atoms with Crippen molar-refractivity contribution < 1.29 is 0 Å². The van der Waals surface area contributed by atoms with E-state index in [-0.39, 0.29) is 5.41 Å². The van der Waals surface area contributed by atoms with Crippen LogP contribution in [0.25, 0.3) is 0 Å². The van der Waals surface area contributed by atoms with E-state index in [1.54, 1.807) is 0 Å². The normalized spacial score (nSPS) is 33.9. The molecule has 1 rings (SSSR count). The van der Waals surface area contributed by atoms with Crippen molar-refractivity contribution in [3.8, 4) is 0 Å². The van der Waals surface area contributed by atoms with Gasteiger partial charge in [0.25, 0.3) is 0 Å². The Hall–Kier alpha value is 1.06. The van der Waals surface area contributed by atoms with Crippen LogP contribution < -0.4 is 0 Å².